The van der Waals surface area contributed by atoms with Gasteiger partial charge in [-0.3, -0.25) is 4.57 Å². The maximum absolute atomic E-state index is 10.6. The third kappa shape index (κ3) is 22.1. The molecule has 0 saturated heterocycles. The van der Waals surface area contributed by atoms with E-state index < -0.39 is 7.82 Å². The number of hydrogen-bond acceptors (Lipinski definition) is 3. The number of rotatable bonds is 20. The first-order chi connectivity index (χ1) is 13.3. The first kappa shape index (κ1) is 27.8. The zero-order valence-electron chi connectivity index (χ0n) is 18.7. The molecule has 0 amide bonds. The number of likely N-dealkylation sites (N-methyl/N-ethyl adjacent to an activating group) is 1. The number of phosphoric acid groups is 1. The zero-order chi connectivity index (χ0) is 21.1. The second-order valence-electron chi connectivity index (χ2n) is 8.57. The summed E-state index contributed by atoms with van der Waals surface area (Å²) in [7, 11) is -0.631. The number of phosphoric ester groups is 1. The third-order valence-corrected chi connectivity index (χ3v) is 5.66. The predicted octanol–water partition coefficient (Wildman–Crippen LogP) is 5.93. The van der Waals surface area contributed by atoms with Gasteiger partial charge in [0.05, 0.1) is 20.3 Å². The highest BCUT2D eigenvalue weighted by molar-refractivity contribution is 7.44. The highest BCUT2D eigenvalue weighted by Crippen LogP contribution is 2.29. The van der Waals surface area contributed by atoms with Gasteiger partial charge in [0.1, 0.15) is 13.2 Å². The predicted molar refractivity (Wildman–Crippen MR) is 117 cm³/mol. The summed E-state index contributed by atoms with van der Waals surface area (Å²) in [6.45, 7) is 2.77. The smallest absolute Gasteiger partial charge is 0.265 e. The molecule has 0 spiro atoms. The highest BCUT2D eigenvalue weighted by Gasteiger charge is 2.12. The number of hydrogen-bond donors (Lipinski definition) is 1. The molecule has 28 heavy (non-hydrogen) atoms. The molecule has 0 aromatic heterocycles. The lowest BCUT2D eigenvalue weighted by molar-refractivity contribution is -0.839. The molecule has 1 N–H and O–H groups in total. The Kier molecular flexibility index (Phi) is 17.5. The fourth-order valence-electron chi connectivity index (χ4n) is 3.28. The molecular formula is C22H46NO4P. The average Bonchev–Trinajstić information content (AvgIpc) is 2.60. The van der Waals surface area contributed by atoms with Gasteiger partial charge in [-0.25, -0.2) is 0 Å². The summed E-state index contributed by atoms with van der Waals surface area (Å²) in [5.41, 5.74) is 0. The van der Waals surface area contributed by atoms with E-state index in [0.717, 1.165) is 6.42 Å². The van der Waals surface area contributed by atoms with Crippen LogP contribution in [0.1, 0.15) is 103 Å². The van der Waals surface area contributed by atoms with Crippen LogP contribution in [0, 0.1) is 0 Å². The Morgan fingerprint density at radius 3 is 1.71 bits per heavy atom. The summed E-state index contributed by atoms with van der Waals surface area (Å²) in [5, 5.41) is 0. The molecule has 0 aliphatic heterocycles. The number of quaternary nitrogens is 1. The molecule has 0 fully saturated rings. The molecule has 0 radical (unpaired) electrons. The molecular weight excluding hydrogens is 373 g/mol. The van der Waals surface area contributed by atoms with Gasteiger partial charge in [-0.05, 0) is 18.9 Å². The van der Waals surface area contributed by atoms with E-state index in [4.69, 9.17) is 4.89 Å². The SMILES string of the molecule is CCCCCCCCCCCCCCCCC=C[N+](C)(C)CCOP(=O)([O-])O. The summed E-state index contributed by atoms with van der Waals surface area (Å²) < 4.78 is 15.5. The van der Waals surface area contributed by atoms with Crippen molar-refractivity contribution in [1.82, 2.24) is 0 Å². The maximum atomic E-state index is 10.6. The normalized spacial score (nSPS) is 14.6. The summed E-state index contributed by atoms with van der Waals surface area (Å²) in [4.78, 5) is 19.2. The Morgan fingerprint density at radius 2 is 1.29 bits per heavy atom. The standard InChI is InChI=1S/C22H46NO4P/c1-4-5-6-7-8-9-10-11-12-13-14-15-16-17-18-19-20-23(2,3)21-22-27-28(24,25)26/h19-20H,4-18,21-22H2,1-3H3,(H-,24,25,26). The van der Waals surface area contributed by atoms with Gasteiger partial charge in [0, 0.05) is 0 Å². The van der Waals surface area contributed by atoms with Crippen LogP contribution in [0.2, 0.25) is 0 Å². The monoisotopic (exact) mass is 419 g/mol. The van der Waals surface area contributed by atoms with Crippen LogP contribution >= 0.6 is 7.82 Å². The van der Waals surface area contributed by atoms with Crippen LogP contribution in [0.5, 0.6) is 0 Å². The van der Waals surface area contributed by atoms with E-state index in [2.05, 4.69) is 23.7 Å². The largest absolute Gasteiger partial charge is 0.756 e. The third-order valence-electron chi connectivity index (χ3n) is 5.16. The second kappa shape index (κ2) is 17.7. The van der Waals surface area contributed by atoms with Crippen molar-refractivity contribution in [3.8, 4) is 0 Å². The molecule has 0 aromatic carbocycles. The minimum Gasteiger partial charge on any atom is -0.756 e. The highest BCUT2D eigenvalue weighted by atomic mass is 31.2. The van der Waals surface area contributed by atoms with Crippen LogP contribution < -0.4 is 4.89 Å². The second-order valence-corrected chi connectivity index (χ2v) is 9.77. The Balaban J connectivity index is 3.40. The molecule has 0 aromatic rings. The summed E-state index contributed by atoms with van der Waals surface area (Å²) in [6, 6.07) is 0. The molecule has 0 bridgehead atoms. The molecule has 0 saturated carbocycles. The minimum absolute atomic E-state index is 0.00647. The van der Waals surface area contributed by atoms with Gasteiger partial charge in [0.2, 0.25) is 0 Å². The molecule has 168 valence electrons. The van der Waals surface area contributed by atoms with Crippen molar-refractivity contribution in [3.63, 3.8) is 0 Å². The van der Waals surface area contributed by atoms with Gasteiger partial charge in [-0.2, -0.15) is 0 Å². The summed E-state index contributed by atoms with van der Waals surface area (Å²) in [6.07, 6.45) is 24.5. The van der Waals surface area contributed by atoms with E-state index in [1.54, 1.807) is 0 Å². The zero-order valence-corrected chi connectivity index (χ0v) is 19.6. The topological polar surface area (TPSA) is 69.6 Å². The molecule has 0 heterocycles. The number of allylic oxidation sites excluding steroid dienone is 1. The quantitative estimate of drug-likeness (QED) is 0.151. The summed E-state index contributed by atoms with van der Waals surface area (Å²) >= 11 is 0. The van der Waals surface area contributed by atoms with Crippen molar-refractivity contribution in [1.29, 1.82) is 0 Å². The Bertz CT molecular complexity index is 421. The average molecular weight is 420 g/mol. The van der Waals surface area contributed by atoms with Crippen molar-refractivity contribution in [2.75, 3.05) is 27.2 Å². The molecule has 0 rings (SSSR count). The molecule has 1 atom stereocenters. The Morgan fingerprint density at radius 1 is 0.857 bits per heavy atom. The van der Waals surface area contributed by atoms with Crippen molar-refractivity contribution in [2.45, 2.75) is 103 Å². The maximum Gasteiger partial charge on any atom is 0.265 e. The van der Waals surface area contributed by atoms with Crippen LogP contribution in [0.4, 0.5) is 0 Å². The Labute approximate surface area is 174 Å². The van der Waals surface area contributed by atoms with E-state index in [0.29, 0.717) is 11.0 Å². The Hall–Kier alpha value is -0.190. The van der Waals surface area contributed by atoms with E-state index in [1.165, 1.54) is 89.9 Å². The lowest BCUT2D eigenvalue weighted by Crippen LogP contribution is -2.36. The fourth-order valence-corrected chi connectivity index (χ4v) is 3.59. The first-order valence-corrected chi connectivity index (χ1v) is 12.9. The van der Waals surface area contributed by atoms with Crippen molar-refractivity contribution in [3.05, 3.63) is 12.3 Å². The van der Waals surface area contributed by atoms with Crippen LogP contribution in [-0.2, 0) is 9.09 Å². The van der Waals surface area contributed by atoms with E-state index >= 15 is 0 Å². The number of unbranched alkanes of at least 4 members (excludes halogenated alkanes) is 14. The van der Waals surface area contributed by atoms with Gasteiger partial charge >= 0.3 is 0 Å². The lowest BCUT2D eigenvalue weighted by atomic mass is 10.0. The molecule has 5 nitrogen and oxygen atoms in total. The van der Waals surface area contributed by atoms with Crippen molar-refractivity contribution < 1.29 is 23.4 Å². The van der Waals surface area contributed by atoms with Gasteiger partial charge in [0.25, 0.3) is 7.82 Å². The minimum atomic E-state index is -4.60. The fraction of sp³-hybridized carbons (Fsp3) is 0.909. The van der Waals surface area contributed by atoms with Crippen LogP contribution in [0.3, 0.4) is 0 Å². The first-order valence-electron chi connectivity index (χ1n) is 11.5. The van der Waals surface area contributed by atoms with Gasteiger partial charge in [-0.15, -0.1) is 0 Å². The van der Waals surface area contributed by atoms with Crippen LogP contribution in [-0.4, -0.2) is 36.6 Å². The molecule has 1 unspecified atom stereocenters. The summed E-state index contributed by atoms with van der Waals surface area (Å²) in [5.74, 6) is 0. The molecule has 0 aliphatic carbocycles. The molecule has 0 aliphatic rings. The van der Waals surface area contributed by atoms with Gasteiger partial charge < -0.3 is 18.8 Å². The van der Waals surface area contributed by atoms with Crippen LogP contribution in [0.25, 0.3) is 0 Å². The van der Waals surface area contributed by atoms with E-state index in [9.17, 15) is 9.46 Å². The van der Waals surface area contributed by atoms with E-state index in [1.807, 2.05) is 14.1 Å². The van der Waals surface area contributed by atoms with E-state index in [-0.39, 0.29) is 6.61 Å². The lowest BCUT2D eigenvalue weighted by Gasteiger charge is -2.26. The van der Waals surface area contributed by atoms with Crippen molar-refractivity contribution >= 4 is 7.82 Å². The van der Waals surface area contributed by atoms with Gasteiger partial charge in [-0.1, -0.05) is 90.4 Å². The van der Waals surface area contributed by atoms with Crippen molar-refractivity contribution in [2.24, 2.45) is 0 Å². The van der Waals surface area contributed by atoms with Crippen LogP contribution in [0.15, 0.2) is 12.3 Å². The number of nitrogens with zero attached hydrogens (tertiary/aromatic N) is 1. The molecule has 6 heteroatoms. The van der Waals surface area contributed by atoms with Gasteiger partial charge in [0.15, 0.2) is 0 Å².